The number of hydrogen-bond acceptors (Lipinski definition) is 4. The van der Waals surface area contributed by atoms with Gasteiger partial charge in [0, 0.05) is 11.1 Å². The van der Waals surface area contributed by atoms with Gasteiger partial charge in [-0.2, -0.15) is 0 Å². The van der Waals surface area contributed by atoms with Gasteiger partial charge in [0.1, 0.15) is 13.2 Å². The van der Waals surface area contributed by atoms with Crippen LogP contribution in [0.3, 0.4) is 0 Å². The van der Waals surface area contributed by atoms with Gasteiger partial charge in [0.15, 0.2) is 11.7 Å². The Morgan fingerprint density at radius 3 is 1.00 bits per heavy atom. The van der Waals surface area contributed by atoms with Crippen molar-refractivity contribution >= 4 is 11.7 Å². The van der Waals surface area contributed by atoms with E-state index in [0.717, 1.165) is 33.4 Å². The molecular formula is C24H42N4O2. The lowest BCUT2D eigenvalue weighted by atomic mass is 9.73. The van der Waals surface area contributed by atoms with Crippen molar-refractivity contribution in [1.82, 2.24) is 0 Å². The summed E-state index contributed by atoms with van der Waals surface area (Å²) in [6.07, 6.45) is 0. The molecule has 1 rings (SSSR count). The minimum atomic E-state index is 0.213. The van der Waals surface area contributed by atoms with E-state index in [4.69, 9.17) is 21.1 Å². The molecule has 0 aliphatic heterocycles. The number of amidine groups is 2. The van der Waals surface area contributed by atoms with Crippen LogP contribution in [0.25, 0.3) is 0 Å². The standard InChI is InChI=1S/C24H42N4O2/c1-11-29-27-23(25)21-17(13(3)4)19(15(7)8)22(24(26)28-30-12-2)20(16(9)10)18(21)14(5)6/h13-16H,11-12H2,1-10H3,(H2,25,27)(H2,26,28). The monoisotopic (exact) mass is 418 g/mol. The Morgan fingerprint density at radius 1 is 0.600 bits per heavy atom. The molecule has 0 bridgehead atoms. The van der Waals surface area contributed by atoms with E-state index in [0.29, 0.717) is 24.9 Å². The maximum absolute atomic E-state index is 6.54. The number of oxime groups is 2. The van der Waals surface area contributed by atoms with E-state index in [2.05, 4.69) is 65.7 Å². The van der Waals surface area contributed by atoms with Gasteiger partial charge in [-0.15, -0.1) is 0 Å². The molecule has 0 aromatic heterocycles. The molecule has 0 spiro atoms. The second-order valence-corrected chi connectivity index (χ2v) is 8.81. The molecular weight excluding hydrogens is 376 g/mol. The summed E-state index contributed by atoms with van der Waals surface area (Å²) >= 11 is 0. The molecule has 1 aromatic rings. The van der Waals surface area contributed by atoms with Crippen LogP contribution < -0.4 is 11.5 Å². The summed E-state index contributed by atoms with van der Waals surface area (Å²) in [5, 5.41) is 8.46. The van der Waals surface area contributed by atoms with E-state index in [1.807, 2.05) is 13.8 Å². The molecule has 0 aliphatic carbocycles. The molecule has 1 aromatic carbocycles. The summed E-state index contributed by atoms with van der Waals surface area (Å²) in [4.78, 5) is 10.7. The molecule has 6 heteroatoms. The average Bonchev–Trinajstić information content (AvgIpc) is 2.67. The Morgan fingerprint density at radius 2 is 0.833 bits per heavy atom. The minimum absolute atomic E-state index is 0.213. The van der Waals surface area contributed by atoms with E-state index < -0.39 is 0 Å². The largest absolute Gasteiger partial charge is 0.394 e. The van der Waals surface area contributed by atoms with Crippen molar-refractivity contribution in [3.63, 3.8) is 0 Å². The van der Waals surface area contributed by atoms with Crippen LogP contribution in [0.2, 0.25) is 0 Å². The van der Waals surface area contributed by atoms with Crippen LogP contribution in [0, 0.1) is 0 Å². The molecule has 0 amide bonds. The maximum Gasteiger partial charge on any atom is 0.170 e. The third-order valence-electron chi connectivity index (χ3n) is 5.06. The highest BCUT2D eigenvalue weighted by atomic mass is 16.6. The first-order chi connectivity index (χ1) is 14.0. The highest BCUT2D eigenvalue weighted by molar-refractivity contribution is 6.06. The predicted molar refractivity (Wildman–Crippen MR) is 127 cm³/mol. The van der Waals surface area contributed by atoms with Crippen molar-refractivity contribution < 1.29 is 9.68 Å². The van der Waals surface area contributed by atoms with Gasteiger partial charge in [-0.1, -0.05) is 65.7 Å². The summed E-state index contributed by atoms with van der Waals surface area (Å²) in [6.45, 7) is 22.2. The lowest BCUT2D eigenvalue weighted by molar-refractivity contribution is 0.158. The molecule has 0 saturated carbocycles. The van der Waals surface area contributed by atoms with Gasteiger partial charge in [-0.05, 0) is 59.8 Å². The topological polar surface area (TPSA) is 95.2 Å². The van der Waals surface area contributed by atoms with E-state index in [1.54, 1.807) is 0 Å². The summed E-state index contributed by atoms with van der Waals surface area (Å²) in [7, 11) is 0. The Balaban J connectivity index is 4.34. The van der Waals surface area contributed by atoms with Crippen LogP contribution in [-0.4, -0.2) is 24.9 Å². The molecule has 170 valence electrons. The van der Waals surface area contributed by atoms with Crippen LogP contribution in [0.15, 0.2) is 10.3 Å². The van der Waals surface area contributed by atoms with Crippen LogP contribution >= 0.6 is 0 Å². The van der Waals surface area contributed by atoms with Crippen molar-refractivity contribution in [2.45, 2.75) is 92.9 Å². The Kier molecular flexibility index (Phi) is 9.66. The van der Waals surface area contributed by atoms with E-state index in [1.165, 1.54) is 0 Å². The fraction of sp³-hybridized carbons (Fsp3) is 0.667. The van der Waals surface area contributed by atoms with Gasteiger partial charge in [0.05, 0.1) is 0 Å². The van der Waals surface area contributed by atoms with Crippen molar-refractivity contribution in [3.05, 3.63) is 33.4 Å². The zero-order valence-corrected chi connectivity index (χ0v) is 20.6. The normalized spacial score (nSPS) is 13.1. The zero-order chi connectivity index (χ0) is 23.2. The molecule has 0 fully saturated rings. The number of hydrogen-bond donors (Lipinski definition) is 2. The number of nitrogens with two attached hydrogens (primary N) is 2. The van der Waals surface area contributed by atoms with Crippen LogP contribution in [0.4, 0.5) is 0 Å². The lowest BCUT2D eigenvalue weighted by Gasteiger charge is -2.32. The summed E-state index contributed by atoms with van der Waals surface area (Å²) < 4.78 is 0. The third kappa shape index (κ3) is 5.46. The highest BCUT2D eigenvalue weighted by Gasteiger charge is 2.32. The molecule has 0 heterocycles. The van der Waals surface area contributed by atoms with Gasteiger partial charge in [-0.3, -0.25) is 0 Å². The van der Waals surface area contributed by atoms with Crippen molar-refractivity contribution in [3.8, 4) is 0 Å². The van der Waals surface area contributed by atoms with Crippen LogP contribution in [0.5, 0.6) is 0 Å². The quantitative estimate of drug-likeness (QED) is 0.298. The fourth-order valence-corrected chi connectivity index (χ4v) is 4.14. The SMILES string of the molecule is CCO/N=C(\N)c1c(C(C)C)c(C(C)C)c(/C(N)=N/OCC)c(C(C)C)c1C(C)C. The highest BCUT2D eigenvalue weighted by Crippen LogP contribution is 2.42. The molecule has 6 nitrogen and oxygen atoms in total. The van der Waals surface area contributed by atoms with E-state index >= 15 is 0 Å². The summed E-state index contributed by atoms with van der Waals surface area (Å²) in [5.41, 5.74) is 19.7. The third-order valence-corrected chi connectivity index (χ3v) is 5.06. The number of nitrogens with zero attached hydrogens (tertiary/aromatic N) is 2. The minimum Gasteiger partial charge on any atom is -0.394 e. The zero-order valence-electron chi connectivity index (χ0n) is 20.6. The molecule has 0 saturated heterocycles. The Bertz CT molecular complexity index is 672. The molecule has 30 heavy (non-hydrogen) atoms. The lowest BCUT2D eigenvalue weighted by Crippen LogP contribution is -2.28. The maximum atomic E-state index is 6.54. The summed E-state index contributed by atoms with van der Waals surface area (Å²) in [5.74, 6) is 1.69. The second kappa shape index (κ2) is 11.2. The van der Waals surface area contributed by atoms with Crippen LogP contribution in [0.1, 0.15) is 126 Å². The van der Waals surface area contributed by atoms with Crippen molar-refractivity contribution in [1.29, 1.82) is 0 Å². The first-order valence-corrected chi connectivity index (χ1v) is 11.2. The van der Waals surface area contributed by atoms with E-state index in [-0.39, 0.29) is 23.7 Å². The average molecular weight is 419 g/mol. The van der Waals surface area contributed by atoms with Gasteiger partial charge >= 0.3 is 0 Å². The van der Waals surface area contributed by atoms with Gasteiger partial charge in [0.25, 0.3) is 0 Å². The van der Waals surface area contributed by atoms with Crippen LogP contribution in [-0.2, 0) is 9.68 Å². The van der Waals surface area contributed by atoms with Gasteiger partial charge in [-0.25, -0.2) is 0 Å². The molecule has 0 unspecified atom stereocenters. The Hall–Kier alpha value is -2.24. The number of benzene rings is 1. The van der Waals surface area contributed by atoms with Gasteiger partial charge in [0.2, 0.25) is 0 Å². The predicted octanol–water partition coefficient (Wildman–Crippen LogP) is 5.49. The second-order valence-electron chi connectivity index (χ2n) is 8.81. The van der Waals surface area contributed by atoms with Gasteiger partial charge < -0.3 is 21.1 Å². The first kappa shape index (κ1) is 25.8. The number of rotatable bonds is 10. The summed E-state index contributed by atoms with van der Waals surface area (Å²) in [6, 6.07) is 0. The molecule has 0 radical (unpaired) electrons. The fourth-order valence-electron chi connectivity index (χ4n) is 4.14. The molecule has 0 atom stereocenters. The smallest absolute Gasteiger partial charge is 0.170 e. The molecule has 4 N–H and O–H groups in total. The van der Waals surface area contributed by atoms with E-state index in [9.17, 15) is 0 Å². The Labute approximate surface area is 183 Å². The molecule has 0 aliphatic rings. The van der Waals surface area contributed by atoms with Crippen molar-refractivity contribution in [2.24, 2.45) is 21.8 Å². The first-order valence-electron chi connectivity index (χ1n) is 11.2. The van der Waals surface area contributed by atoms with Crippen molar-refractivity contribution in [2.75, 3.05) is 13.2 Å².